The molecule has 2 N–H and O–H groups in total. The van der Waals surface area contributed by atoms with Gasteiger partial charge < -0.3 is 15.2 Å². The fourth-order valence-corrected chi connectivity index (χ4v) is 4.03. The average Bonchev–Trinajstić information content (AvgIpc) is 3.08. The molecule has 4 rings (SSSR count). The number of carboxylic acid groups (broad SMARTS) is 1. The van der Waals surface area contributed by atoms with Crippen LogP contribution in [0.15, 0.2) is 60.8 Å². The van der Waals surface area contributed by atoms with Gasteiger partial charge in [-0.2, -0.15) is 0 Å². The Balaban J connectivity index is 1.43. The number of aryl methyl sites for hydroxylation is 2. The van der Waals surface area contributed by atoms with Gasteiger partial charge in [0.2, 0.25) is 0 Å². The largest absolute Gasteiger partial charge is 0.480 e. The van der Waals surface area contributed by atoms with E-state index >= 15 is 0 Å². The second-order valence-corrected chi connectivity index (χ2v) is 7.81. The zero-order valence-corrected chi connectivity index (χ0v) is 17.5. The lowest BCUT2D eigenvalue weighted by molar-refractivity contribution is -0.139. The molecular weight excluding hydrogens is 392 g/mol. The first kappa shape index (κ1) is 20.6. The maximum absolute atomic E-state index is 12.4. The summed E-state index contributed by atoms with van der Waals surface area (Å²) in [6.45, 7) is 3.95. The first-order valence-corrected chi connectivity index (χ1v) is 10.2. The molecule has 158 valence electrons. The van der Waals surface area contributed by atoms with Crippen LogP contribution in [0.3, 0.4) is 0 Å². The first-order chi connectivity index (χ1) is 14.9. The molecule has 1 amide bonds. The highest BCUT2D eigenvalue weighted by Crippen LogP contribution is 2.44. The van der Waals surface area contributed by atoms with Crippen molar-refractivity contribution < 1.29 is 19.4 Å². The van der Waals surface area contributed by atoms with Crippen LogP contribution in [0, 0.1) is 13.8 Å². The van der Waals surface area contributed by atoms with E-state index < -0.39 is 18.1 Å². The summed E-state index contributed by atoms with van der Waals surface area (Å²) < 4.78 is 5.47. The number of alkyl carbamates (subject to hydrolysis) is 1. The van der Waals surface area contributed by atoms with E-state index in [1.165, 1.54) is 0 Å². The van der Waals surface area contributed by atoms with Crippen LogP contribution in [0.5, 0.6) is 0 Å². The predicted octanol–water partition coefficient (Wildman–Crippen LogP) is 4.23. The van der Waals surface area contributed by atoms with Crippen LogP contribution >= 0.6 is 0 Å². The van der Waals surface area contributed by atoms with Crippen molar-refractivity contribution in [1.29, 1.82) is 0 Å². The van der Waals surface area contributed by atoms with Crippen LogP contribution in [-0.4, -0.2) is 34.8 Å². The number of hydrogen-bond acceptors (Lipinski definition) is 4. The van der Waals surface area contributed by atoms with Crippen LogP contribution in [0.1, 0.15) is 33.9 Å². The van der Waals surface area contributed by atoms with Crippen molar-refractivity contribution in [2.75, 3.05) is 6.61 Å². The van der Waals surface area contributed by atoms with Crippen molar-refractivity contribution in [3.8, 4) is 11.1 Å². The van der Waals surface area contributed by atoms with Crippen molar-refractivity contribution in [3.63, 3.8) is 0 Å². The Morgan fingerprint density at radius 3 is 2.26 bits per heavy atom. The first-order valence-electron chi connectivity index (χ1n) is 10.2. The molecule has 0 aliphatic heterocycles. The zero-order valence-electron chi connectivity index (χ0n) is 17.5. The molecule has 0 bridgehead atoms. The van der Waals surface area contributed by atoms with Crippen LogP contribution in [0.25, 0.3) is 11.1 Å². The number of amides is 1. The number of benzene rings is 2. The minimum absolute atomic E-state index is 0.0784. The highest BCUT2D eigenvalue weighted by molar-refractivity contribution is 5.81. The van der Waals surface area contributed by atoms with E-state index in [2.05, 4.69) is 22.4 Å². The molecule has 1 aliphatic carbocycles. The molecule has 2 aromatic carbocycles. The second-order valence-electron chi connectivity index (χ2n) is 7.81. The van der Waals surface area contributed by atoms with Gasteiger partial charge in [0, 0.05) is 24.2 Å². The van der Waals surface area contributed by atoms with Gasteiger partial charge >= 0.3 is 12.1 Å². The van der Waals surface area contributed by atoms with Crippen LogP contribution < -0.4 is 5.32 Å². The van der Waals surface area contributed by atoms with Gasteiger partial charge in [-0.25, -0.2) is 9.59 Å². The molecule has 6 nitrogen and oxygen atoms in total. The number of nitrogens with zero attached hydrogens (tertiary/aromatic N) is 1. The number of fused-ring (bicyclic) bond motifs is 3. The van der Waals surface area contributed by atoms with E-state index in [-0.39, 0.29) is 18.9 Å². The number of carbonyl (C=O) groups excluding carboxylic acids is 1. The van der Waals surface area contributed by atoms with Crippen molar-refractivity contribution >= 4 is 12.1 Å². The maximum atomic E-state index is 12.4. The van der Waals surface area contributed by atoms with E-state index in [1.54, 1.807) is 6.20 Å². The van der Waals surface area contributed by atoms with Crippen molar-refractivity contribution in [3.05, 3.63) is 88.7 Å². The van der Waals surface area contributed by atoms with Gasteiger partial charge in [0.15, 0.2) is 0 Å². The Kier molecular flexibility index (Phi) is 5.71. The summed E-state index contributed by atoms with van der Waals surface area (Å²) >= 11 is 0. The molecule has 0 spiro atoms. The molecular formula is C25H24N2O4. The number of pyridine rings is 1. The van der Waals surface area contributed by atoms with Crippen molar-refractivity contribution in [2.24, 2.45) is 0 Å². The summed E-state index contributed by atoms with van der Waals surface area (Å²) in [5.41, 5.74) is 7.09. The number of nitrogens with one attached hydrogen (secondary N) is 1. The molecule has 1 atom stereocenters. The van der Waals surface area contributed by atoms with Crippen molar-refractivity contribution in [1.82, 2.24) is 10.3 Å². The Bertz CT molecular complexity index is 1100. The number of aliphatic carboxylic acids is 1. The van der Waals surface area contributed by atoms with Crippen LogP contribution in [0.2, 0.25) is 0 Å². The third kappa shape index (κ3) is 4.28. The van der Waals surface area contributed by atoms with Gasteiger partial charge in [-0.3, -0.25) is 4.98 Å². The van der Waals surface area contributed by atoms with Gasteiger partial charge in [-0.1, -0.05) is 54.6 Å². The number of rotatable bonds is 6. The Morgan fingerprint density at radius 2 is 1.68 bits per heavy atom. The maximum Gasteiger partial charge on any atom is 0.407 e. The predicted molar refractivity (Wildman–Crippen MR) is 117 cm³/mol. The average molecular weight is 416 g/mol. The van der Waals surface area contributed by atoms with E-state index in [0.29, 0.717) is 0 Å². The lowest BCUT2D eigenvalue weighted by Crippen LogP contribution is -2.43. The monoisotopic (exact) mass is 416 g/mol. The van der Waals surface area contributed by atoms with Gasteiger partial charge in [0.1, 0.15) is 12.6 Å². The van der Waals surface area contributed by atoms with E-state index in [9.17, 15) is 14.7 Å². The number of ether oxygens (including phenoxy) is 1. The number of hydrogen-bond donors (Lipinski definition) is 2. The molecule has 0 saturated carbocycles. The molecule has 0 radical (unpaired) electrons. The van der Waals surface area contributed by atoms with Crippen LogP contribution in [-0.2, 0) is 16.0 Å². The summed E-state index contributed by atoms with van der Waals surface area (Å²) in [5.74, 6) is -1.20. The molecule has 1 aliphatic rings. The minimum Gasteiger partial charge on any atom is -0.480 e. The fourth-order valence-electron chi connectivity index (χ4n) is 4.03. The normalized spacial score (nSPS) is 13.2. The summed E-state index contributed by atoms with van der Waals surface area (Å²) in [5, 5.41) is 12.0. The van der Waals surface area contributed by atoms with E-state index in [0.717, 1.165) is 39.1 Å². The molecule has 3 aromatic rings. The Labute approximate surface area is 180 Å². The van der Waals surface area contributed by atoms with Crippen LogP contribution in [0.4, 0.5) is 4.79 Å². The lowest BCUT2D eigenvalue weighted by atomic mass is 9.98. The molecule has 0 saturated heterocycles. The summed E-state index contributed by atoms with van der Waals surface area (Å²) in [6, 6.07) is 16.9. The van der Waals surface area contributed by atoms with Gasteiger partial charge in [0.25, 0.3) is 0 Å². The lowest BCUT2D eigenvalue weighted by Gasteiger charge is -2.17. The third-order valence-electron chi connectivity index (χ3n) is 5.77. The summed E-state index contributed by atoms with van der Waals surface area (Å²) in [6.07, 6.45) is 1.02. The van der Waals surface area contributed by atoms with Crippen molar-refractivity contribution in [2.45, 2.75) is 32.2 Å². The fraction of sp³-hybridized carbons (Fsp3) is 0.240. The van der Waals surface area contributed by atoms with E-state index in [1.807, 2.05) is 56.3 Å². The number of aromatic nitrogens is 1. The highest BCUT2D eigenvalue weighted by Gasteiger charge is 2.29. The Hall–Kier alpha value is -3.67. The highest BCUT2D eigenvalue weighted by atomic mass is 16.5. The summed E-state index contributed by atoms with van der Waals surface area (Å²) in [7, 11) is 0. The Morgan fingerprint density at radius 1 is 1.06 bits per heavy atom. The number of carbonyl (C=O) groups is 2. The molecule has 1 heterocycles. The van der Waals surface area contributed by atoms with Gasteiger partial charge in [-0.15, -0.1) is 0 Å². The minimum atomic E-state index is -1.12. The summed E-state index contributed by atoms with van der Waals surface area (Å²) in [4.78, 5) is 28.4. The molecule has 0 fully saturated rings. The molecule has 6 heteroatoms. The third-order valence-corrected chi connectivity index (χ3v) is 5.77. The SMILES string of the molecule is Cc1cc(C[C@H](NC(=O)OCC2c3ccccc3-c3ccccc32)C(=O)O)cnc1C. The second kappa shape index (κ2) is 8.60. The molecule has 31 heavy (non-hydrogen) atoms. The number of carboxylic acids is 1. The standard InChI is InChI=1S/C25H24N2O4/c1-15-11-17(13-26-16(15)2)12-23(24(28)29)27-25(30)31-14-22-20-9-5-3-7-18(20)19-8-4-6-10-21(19)22/h3-11,13,22-23H,12,14H2,1-2H3,(H,27,30)(H,28,29)/t23-/m0/s1. The van der Waals surface area contributed by atoms with E-state index in [4.69, 9.17) is 4.74 Å². The quantitative estimate of drug-likeness (QED) is 0.628. The van der Waals surface area contributed by atoms with Gasteiger partial charge in [0.05, 0.1) is 0 Å². The van der Waals surface area contributed by atoms with Gasteiger partial charge in [-0.05, 0) is 47.2 Å². The smallest absolute Gasteiger partial charge is 0.407 e. The zero-order chi connectivity index (χ0) is 22.0. The molecule has 1 aromatic heterocycles. The topological polar surface area (TPSA) is 88.5 Å². The molecule has 0 unspecified atom stereocenters.